The van der Waals surface area contributed by atoms with Gasteiger partial charge in [0, 0.05) is 6.54 Å². The largest absolute Gasteiger partial charge is 0.470 e. The number of alkyl halides is 1. The molecule has 0 bridgehead atoms. The van der Waals surface area contributed by atoms with Gasteiger partial charge in [0.1, 0.15) is 17.8 Å². The summed E-state index contributed by atoms with van der Waals surface area (Å²) >= 11 is 5.61. The number of nitrogens with zero attached hydrogens (tertiary/aromatic N) is 2. The van der Waals surface area contributed by atoms with Crippen LogP contribution in [0.3, 0.4) is 0 Å². The van der Waals surface area contributed by atoms with Gasteiger partial charge in [-0.15, -0.1) is 22.6 Å². The fourth-order valence-corrected chi connectivity index (χ4v) is 1.84. The zero-order valence-corrected chi connectivity index (χ0v) is 11.4. The van der Waals surface area contributed by atoms with Crippen LogP contribution in [0.1, 0.15) is 16.8 Å². The van der Waals surface area contributed by atoms with Crippen LogP contribution < -0.4 is 15.8 Å². The second-order valence-electron chi connectivity index (χ2n) is 3.92. The number of carbonyl (C=O) groups excluding carboxylic acids is 1. The van der Waals surface area contributed by atoms with Crippen LogP contribution in [0, 0.1) is 0 Å². The lowest BCUT2D eigenvalue weighted by Crippen LogP contribution is -2.44. The number of amides is 1. The standard InChI is InChI=1S/C10H12ClFN4O2.ClH/c11-8-3-5(9(13)17)10(16-15-8)18-7-1-2-14-4-6(7)12;/h3,6-7,14H,1-2,4H2,(H2,13,17);1H/t6-,7+;/m1./s1. The number of primary amides is 1. The fraction of sp³-hybridized carbons (Fsp3) is 0.500. The van der Waals surface area contributed by atoms with E-state index in [9.17, 15) is 9.18 Å². The maximum Gasteiger partial charge on any atom is 0.254 e. The minimum Gasteiger partial charge on any atom is -0.470 e. The molecule has 2 heterocycles. The van der Waals surface area contributed by atoms with Crippen molar-refractivity contribution in [2.75, 3.05) is 13.1 Å². The number of aromatic nitrogens is 2. The topological polar surface area (TPSA) is 90.1 Å². The van der Waals surface area contributed by atoms with E-state index in [1.165, 1.54) is 6.07 Å². The molecule has 0 saturated carbocycles. The Bertz CT molecular complexity index is 463. The molecule has 3 N–H and O–H groups in total. The van der Waals surface area contributed by atoms with Crippen molar-refractivity contribution in [3.8, 4) is 5.88 Å². The molecule has 0 aromatic carbocycles. The highest BCUT2D eigenvalue weighted by Crippen LogP contribution is 2.21. The van der Waals surface area contributed by atoms with Crippen molar-refractivity contribution in [1.82, 2.24) is 15.5 Å². The number of nitrogens with one attached hydrogen (secondary N) is 1. The van der Waals surface area contributed by atoms with Crippen molar-refractivity contribution < 1.29 is 13.9 Å². The van der Waals surface area contributed by atoms with Gasteiger partial charge in [0.25, 0.3) is 5.91 Å². The first-order chi connectivity index (χ1) is 8.58. The molecule has 1 amide bonds. The number of piperidine rings is 1. The Morgan fingerprint density at radius 2 is 2.32 bits per heavy atom. The maximum absolute atomic E-state index is 13.6. The third kappa shape index (κ3) is 3.89. The number of hydrogen-bond acceptors (Lipinski definition) is 5. The van der Waals surface area contributed by atoms with E-state index in [-0.39, 0.29) is 35.5 Å². The van der Waals surface area contributed by atoms with Gasteiger partial charge >= 0.3 is 0 Å². The van der Waals surface area contributed by atoms with Crippen LogP contribution in [0.15, 0.2) is 6.07 Å². The van der Waals surface area contributed by atoms with Gasteiger partial charge in [-0.3, -0.25) is 4.79 Å². The van der Waals surface area contributed by atoms with E-state index in [2.05, 4.69) is 15.5 Å². The minimum atomic E-state index is -1.17. The summed E-state index contributed by atoms with van der Waals surface area (Å²) in [6, 6.07) is 1.25. The zero-order valence-electron chi connectivity index (χ0n) is 9.81. The molecule has 0 spiro atoms. The highest BCUT2D eigenvalue weighted by molar-refractivity contribution is 6.29. The summed E-state index contributed by atoms with van der Waals surface area (Å²) < 4.78 is 18.9. The molecule has 6 nitrogen and oxygen atoms in total. The van der Waals surface area contributed by atoms with Crippen molar-refractivity contribution in [2.24, 2.45) is 5.73 Å². The van der Waals surface area contributed by atoms with Gasteiger partial charge in [-0.2, -0.15) is 0 Å². The summed E-state index contributed by atoms with van der Waals surface area (Å²) in [5.74, 6) is -0.826. The molecule has 2 atom stereocenters. The Morgan fingerprint density at radius 1 is 1.58 bits per heavy atom. The lowest BCUT2D eigenvalue weighted by atomic mass is 10.1. The number of halogens is 3. The Hall–Kier alpha value is -1.18. The first-order valence-electron chi connectivity index (χ1n) is 5.42. The summed E-state index contributed by atoms with van der Waals surface area (Å²) in [5, 5.41) is 10.1. The van der Waals surface area contributed by atoms with Crippen LogP contribution in [0.2, 0.25) is 5.15 Å². The van der Waals surface area contributed by atoms with E-state index in [0.29, 0.717) is 13.0 Å². The predicted molar refractivity (Wildman–Crippen MR) is 69.6 cm³/mol. The average Bonchev–Trinajstić information content (AvgIpc) is 2.34. The number of carbonyl (C=O) groups is 1. The third-order valence-corrected chi connectivity index (χ3v) is 2.79. The molecular formula is C10H13Cl2FN4O2. The van der Waals surface area contributed by atoms with Crippen molar-refractivity contribution in [2.45, 2.75) is 18.7 Å². The number of ether oxygens (including phenoxy) is 1. The van der Waals surface area contributed by atoms with Crippen LogP contribution in [-0.4, -0.2) is 41.5 Å². The fourth-order valence-electron chi connectivity index (χ4n) is 1.69. The van der Waals surface area contributed by atoms with Gasteiger partial charge in [0.15, 0.2) is 5.15 Å². The minimum absolute atomic E-state index is 0. The number of rotatable bonds is 3. The average molecular weight is 311 g/mol. The molecule has 1 fully saturated rings. The number of hydrogen-bond donors (Lipinski definition) is 2. The van der Waals surface area contributed by atoms with Gasteiger partial charge in [0.2, 0.25) is 5.88 Å². The Balaban J connectivity index is 0.00000180. The zero-order chi connectivity index (χ0) is 13.1. The van der Waals surface area contributed by atoms with Gasteiger partial charge in [-0.05, 0) is 19.0 Å². The van der Waals surface area contributed by atoms with E-state index in [4.69, 9.17) is 22.1 Å². The Labute approximate surface area is 120 Å². The molecule has 1 saturated heterocycles. The summed E-state index contributed by atoms with van der Waals surface area (Å²) in [4.78, 5) is 11.2. The second-order valence-corrected chi connectivity index (χ2v) is 4.30. The molecule has 9 heteroatoms. The lowest BCUT2D eigenvalue weighted by molar-refractivity contribution is 0.0667. The van der Waals surface area contributed by atoms with E-state index in [0.717, 1.165) is 0 Å². The molecule has 1 aromatic rings. The Kier molecular flexibility index (Phi) is 5.71. The van der Waals surface area contributed by atoms with Gasteiger partial charge < -0.3 is 15.8 Å². The first-order valence-corrected chi connectivity index (χ1v) is 5.80. The van der Waals surface area contributed by atoms with E-state index in [1.54, 1.807) is 0 Å². The van der Waals surface area contributed by atoms with Crippen LogP contribution in [0.25, 0.3) is 0 Å². The molecule has 2 rings (SSSR count). The second kappa shape index (κ2) is 6.83. The smallest absolute Gasteiger partial charge is 0.254 e. The Morgan fingerprint density at radius 3 is 2.95 bits per heavy atom. The van der Waals surface area contributed by atoms with E-state index >= 15 is 0 Å². The number of nitrogens with two attached hydrogens (primary N) is 1. The molecule has 106 valence electrons. The summed E-state index contributed by atoms with van der Waals surface area (Å²) in [6.07, 6.45) is -1.36. The van der Waals surface area contributed by atoms with Crippen LogP contribution >= 0.6 is 24.0 Å². The molecule has 1 aliphatic heterocycles. The molecule has 0 unspecified atom stereocenters. The maximum atomic E-state index is 13.6. The molecule has 0 aliphatic carbocycles. The molecule has 19 heavy (non-hydrogen) atoms. The lowest BCUT2D eigenvalue weighted by Gasteiger charge is -2.27. The predicted octanol–water partition coefficient (Wildman–Crippen LogP) is 0.730. The molecule has 1 aromatic heterocycles. The van der Waals surface area contributed by atoms with Crippen LogP contribution in [0.5, 0.6) is 5.88 Å². The van der Waals surface area contributed by atoms with Crippen molar-refractivity contribution >= 4 is 29.9 Å². The van der Waals surface area contributed by atoms with Crippen molar-refractivity contribution in [3.63, 3.8) is 0 Å². The van der Waals surface area contributed by atoms with Crippen LogP contribution in [-0.2, 0) is 0 Å². The van der Waals surface area contributed by atoms with E-state index in [1.807, 2.05) is 0 Å². The summed E-state index contributed by atoms with van der Waals surface area (Å²) in [7, 11) is 0. The summed E-state index contributed by atoms with van der Waals surface area (Å²) in [5.41, 5.74) is 5.17. The quantitative estimate of drug-likeness (QED) is 0.859. The third-order valence-electron chi connectivity index (χ3n) is 2.61. The molecule has 0 radical (unpaired) electrons. The van der Waals surface area contributed by atoms with Crippen molar-refractivity contribution in [1.29, 1.82) is 0 Å². The van der Waals surface area contributed by atoms with E-state index < -0.39 is 18.2 Å². The highest BCUT2D eigenvalue weighted by Gasteiger charge is 2.28. The normalized spacial score (nSPS) is 22.4. The molecular weight excluding hydrogens is 298 g/mol. The van der Waals surface area contributed by atoms with Gasteiger partial charge in [0.05, 0.1) is 0 Å². The first kappa shape index (κ1) is 15.9. The molecule has 1 aliphatic rings. The summed E-state index contributed by atoms with van der Waals surface area (Å²) in [6.45, 7) is 0.843. The highest BCUT2D eigenvalue weighted by atomic mass is 35.5. The SMILES string of the molecule is Cl.NC(=O)c1cc(Cl)nnc1O[C@H]1CCNC[C@H]1F. The van der Waals surface area contributed by atoms with Gasteiger partial charge in [-0.25, -0.2) is 4.39 Å². The van der Waals surface area contributed by atoms with Gasteiger partial charge in [-0.1, -0.05) is 11.6 Å². The van der Waals surface area contributed by atoms with Crippen LogP contribution in [0.4, 0.5) is 4.39 Å². The monoisotopic (exact) mass is 310 g/mol. The van der Waals surface area contributed by atoms with Crippen molar-refractivity contribution in [3.05, 3.63) is 16.8 Å².